The van der Waals surface area contributed by atoms with Crippen LogP contribution in [0.3, 0.4) is 0 Å². The van der Waals surface area contributed by atoms with Gasteiger partial charge in [-0.1, -0.05) is 19.3 Å². The van der Waals surface area contributed by atoms with Gasteiger partial charge >= 0.3 is 5.97 Å². The number of aromatic nitrogens is 2. The van der Waals surface area contributed by atoms with Crippen molar-refractivity contribution < 1.29 is 23.5 Å². The van der Waals surface area contributed by atoms with Crippen molar-refractivity contribution in [2.24, 2.45) is 7.05 Å². The molecule has 1 aromatic rings. The first kappa shape index (κ1) is 17.4. The van der Waals surface area contributed by atoms with Gasteiger partial charge in [0.05, 0.1) is 11.3 Å². The molecule has 0 bridgehead atoms. The lowest BCUT2D eigenvalue weighted by molar-refractivity contribution is -0.140. The molecule has 0 aliphatic heterocycles. The maximum Gasteiger partial charge on any atom is 0.326 e. The van der Waals surface area contributed by atoms with E-state index >= 15 is 0 Å². The monoisotopic (exact) mass is 329 g/mol. The van der Waals surface area contributed by atoms with E-state index in [0.717, 1.165) is 32.1 Å². The van der Waals surface area contributed by atoms with E-state index in [9.17, 15) is 18.4 Å². The van der Waals surface area contributed by atoms with Crippen LogP contribution in [0.2, 0.25) is 0 Å². The van der Waals surface area contributed by atoms with Crippen molar-refractivity contribution in [3.05, 3.63) is 17.5 Å². The van der Waals surface area contributed by atoms with E-state index in [2.05, 4.69) is 10.4 Å². The number of rotatable bonds is 6. The van der Waals surface area contributed by atoms with Gasteiger partial charge in [-0.05, 0) is 12.8 Å². The van der Waals surface area contributed by atoms with Gasteiger partial charge in [0.15, 0.2) is 0 Å². The first-order valence-electron chi connectivity index (χ1n) is 7.74. The fraction of sp³-hybridized carbons (Fsp3) is 0.667. The van der Waals surface area contributed by atoms with Gasteiger partial charge < -0.3 is 10.4 Å². The molecule has 0 spiro atoms. The molecule has 1 unspecified atom stereocenters. The van der Waals surface area contributed by atoms with Crippen molar-refractivity contribution in [3.8, 4) is 0 Å². The Bertz CT molecular complexity index is 568. The number of carbonyl (C=O) groups is 2. The number of carbonyl (C=O) groups excluding carboxylic acids is 1. The van der Waals surface area contributed by atoms with Gasteiger partial charge in [0.2, 0.25) is 6.43 Å². The number of hydrogen-bond donors (Lipinski definition) is 2. The van der Waals surface area contributed by atoms with E-state index in [4.69, 9.17) is 5.11 Å². The number of amides is 1. The summed E-state index contributed by atoms with van der Waals surface area (Å²) in [7, 11) is 1.68. The molecule has 8 heteroatoms. The van der Waals surface area contributed by atoms with Crippen LogP contribution < -0.4 is 5.32 Å². The summed E-state index contributed by atoms with van der Waals surface area (Å²) in [4.78, 5) is 23.4. The lowest BCUT2D eigenvalue weighted by atomic mass is 9.85. The fourth-order valence-corrected chi connectivity index (χ4v) is 2.99. The van der Waals surface area contributed by atoms with Gasteiger partial charge in [0.25, 0.3) is 5.91 Å². The number of halogens is 2. The molecule has 1 aromatic heterocycles. The molecule has 2 rings (SSSR count). The average molecular weight is 329 g/mol. The van der Waals surface area contributed by atoms with Crippen LogP contribution in [-0.4, -0.2) is 39.2 Å². The molecule has 1 saturated carbocycles. The lowest BCUT2D eigenvalue weighted by Gasteiger charge is -2.21. The normalized spacial score (nSPS) is 17.2. The molecule has 128 valence electrons. The van der Waals surface area contributed by atoms with Crippen LogP contribution in [0.15, 0.2) is 6.20 Å². The van der Waals surface area contributed by atoms with Crippen molar-refractivity contribution >= 4 is 11.9 Å². The highest BCUT2D eigenvalue weighted by Crippen LogP contribution is 2.33. The number of nitrogens with one attached hydrogen (secondary N) is 1. The van der Waals surface area contributed by atoms with Gasteiger partial charge in [-0.15, -0.1) is 0 Å². The minimum Gasteiger partial charge on any atom is -0.480 e. The third-order valence-electron chi connectivity index (χ3n) is 4.11. The quantitative estimate of drug-likeness (QED) is 0.839. The zero-order valence-corrected chi connectivity index (χ0v) is 13.0. The van der Waals surface area contributed by atoms with E-state index in [1.54, 1.807) is 7.05 Å². The van der Waals surface area contributed by atoms with Gasteiger partial charge in [-0.3, -0.25) is 9.48 Å². The van der Waals surface area contributed by atoms with Gasteiger partial charge in [-0.2, -0.15) is 5.10 Å². The zero-order valence-electron chi connectivity index (χ0n) is 13.0. The molecule has 0 radical (unpaired) electrons. The van der Waals surface area contributed by atoms with Crippen molar-refractivity contribution in [2.75, 3.05) is 0 Å². The van der Waals surface area contributed by atoms with Crippen LogP contribution in [0.25, 0.3) is 0 Å². The second kappa shape index (κ2) is 7.52. The molecule has 1 fully saturated rings. The van der Waals surface area contributed by atoms with Crippen LogP contribution in [0, 0.1) is 0 Å². The van der Waals surface area contributed by atoms with E-state index in [0.29, 0.717) is 5.69 Å². The SMILES string of the molecule is Cn1cc(C(=O)NC(CC(F)F)C(=O)O)c(C2CCCCC2)n1. The Morgan fingerprint density at radius 2 is 2.04 bits per heavy atom. The molecule has 6 nitrogen and oxygen atoms in total. The van der Waals surface area contributed by atoms with Gasteiger partial charge in [0.1, 0.15) is 6.04 Å². The maximum absolute atomic E-state index is 12.4. The highest BCUT2D eigenvalue weighted by Gasteiger charge is 2.29. The largest absolute Gasteiger partial charge is 0.480 e. The molecule has 1 aliphatic rings. The maximum atomic E-state index is 12.4. The number of carboxylic acids is 1. The van der Waals surface area contributed by atoms with E-state index < -0.39 is 30.8 Å². The topological polar surface area (TPSA) is 84.2 Å². The number of alkyl halides is 2. The summed E-state index contributed by atoms with van der Waals surface area (Å²) >= 11 is 0. The van der Waals surface area contributed by atoms with Crippen molar-refractivity contribution in [1.29, 1.82) is 0 Å². The predicted molar refractivity (Wildman–Crippen MR) is 78.5 cm³/mol. The molecule has 23 heavy (non-hydrogen) atoms. The average Bonchev–Trinajstić information content (AvgIpc) is 2.89. The number of aliphatic carboxylic acids is 1. The third-order valence-corrected chi connectivity index (χ3v) is 4.11. The second-order valence-electron chi connectivity index (χ2n) is 5.93. The van der Waals surface area contributed by atoms with Crippen molar-refractivity contribution in [3.63, 3.8) is 0 Å². The molecule has 0 saturated heterocycles. The Balaban J connectivity index is 2.16. The van der Waals surface area contributed by atoms with Crippen molar-refractivity contribution in [1.82, 2.24) is 15.1 Å². The van der Waals surface area contributed by atoms with Crippen molar-refractivity contribution in [2.45, 2.75) is 56.9 Å². The molecule has 1 atom stereocenters. The number of aryl methyl sites for hydroxylation is 1. The smallest absolute Gasteiger partial charge is 0.326 e. The second-order valence-corrected chi connectivity index (χ2v) is 5.93. The Labute approximate surface area is 132 Å². The summed E-state index contributed by atoms with van der Waals surface area (Å²) < 4.78 is 26.4. The third kappa shape index (κ3) is 4.49. The number of hydrogen-bond acceptors (Lipinski definition) is 3. The Morgan fingerprint density at radius 1 is 1.39 bits per heavy atom. The molecule has 1 heterocycles. The Hall–Kier alpha value is -1.99. The summed E-state index contributed by atoms with van der Waals surface area (Å²) in [6.07, 6.45) is 2.92. The summed E-state index contributed by atoms with van der Waals surface area (Å²) in [6, 6.07) is -1.61. The van der Waals surface area contributed by atoms with Crippen LogP contribution in [-0.2, 0) is 11.8 Å². The van der Waals surface area contributed by atoms with Gasteiger partial charge in [0, 0.05) is 25.6 Å². The number of nitrogens with zero attached hydrogens (tertiary/aromatic N) is 2. The minimum atomic E-state index is -2.80. The Morgan fingerprint density at radius 3 is 2.61 bits per heavy atom. The standard InChI is InChI=1S/C15H21F2N3O3/c1-20-8-10(13(19-20)9-5-3-2-4-6-9)14(21)18-11(15(22)23)7-12(16)17/h8-9,11-12H,2-7H2,1H3,(H,18,21)(H,22,23). The predicted octanol–water partition coefficient (Wildman–Crippen LogP) is 2.31. The number of carboxylic acid groups (broad SMARTS) is 1. The van der Waals surface area contributed by atoms with E-state index in [1.807, 2.05) is 0 Å². The molecule has 2 N–H and O–H groups in total. The van der Waals surface area contributed by atoms with Crippen LogP contribution in [0.4, 0.5) is 8.78 Å². The first-order valence-corrected chi connectivity index (χ1v) is 7.74. The molecular weight excluding hydrogens is 308 g/mol. The highest BCUT2D eigenvalue weighted by molar-refractivity contribution is 5.97. The van der Waals surface area contributed by atoms with E-state index in [1.165, 1.54) is 10.9 Å². The molecule has 1 aliphatic carbocycles. The minimum absolute atomic E-state index is 0.157. The van der Waals surface area contributed by atoms with Crippen LogP contribution >= 0.6 is 0 Å². The molecule has 0 aromatic carbocycles. The molecule has 1 amide bonds. The van der Waals surface area contributed by atoms with E-state index in [-0.39, 0.29) is 11.5 Å². The summed E-state index contributed by atoms with van der Waals surface area (Å²) in [5.41, 5.74) is 0.908. The lowest BCUT2D eigenvalue weighted by Crippen LogP contribution is -2.42. The summed E-state index contributed by atoms with van der Waals surface area (Å²) in [5.74, 6) is -1.97. The van der Waals surface area contributed by atoms with Crippen LogP contribution in [0.1, 0.15) is 60.5 Å². The summed E-state index contributed by atoms with van der Waals surface area (Å²) in [5, 5.41) is 15.5. The summed E-state index contributed by atoms with van der Waals surface area (Å²) in [6.45, 7) is 0. The fourth-order valence-electron chi connectivity index (χ4n) is 2.99. The first-order chi connectivity index (χ1) is 10.9. The van der Waals surface area contributed by atoms with Crippen LogP contribution in [0.5, 0.6) is 0 Å². The zero-order chi connectivity index (χ0) is 17.0. The molecular formula is C15H21F2N3O3. The van der Waals surface area contributed by atoms with Gasteiger partial charge in [-0.25, -0.2) is 13.6 Å². The Kier molecular flexibility index (Phi) is 5.68. The highest BCUT2D eigenvalue weighted by atomic mass is 19.3.